The largest absolute Gasteiger partial charge is 0.366 e. The summed E-state index contributed by atoms with van der Waals surface area (Å²) in [6.45, 7) is 1.86. The van der Waals surface area contributed by atoms with Crippen LogP contribution in [0.25, 0.3) is 10.8 Å². The maximum atomic E-state index is 11.1. The van der Waals surface area contributed by atoms with Crippen LogP contribution >= 0.6 is 0 Å². The van der Waals surface area contributed by atoms with Crippen LogP contribution in [-0.2, 0) is 0 Å². The first-order chi connectivity index (χ1) is 7.63. The minimum absolute atomic E-state index is 0.418. The van der Waals surface area contributed by atoms with E-state index in [1.807, 2.05) is 19.1 Å². The maximum Gasteiger partial charge on any atom is 0.248 e. The van der Waals surface area contributed by atoms with Crippen LogP contribution in [0, 0.1) is 6.92 Å². The fourth-order valence-electron chi connectivity index (χ4n) is 1.76. The Balaban J connectivity index is 2.83. The molecule has 0 spiro atoms. The standard InChI is InChI=1S/C13H11NO2/c1-8-2-3-9-4-5-10(13(14)16)6-11(9)12(8)7-15/h2-7H,1H3,(H2,14,16). The van der Waals surface area contributed by atoms with Crippen LogP contribution in [0.5, 0.6) is 0 Å². The van der Waals surface area contributed by atoms with E-state index in [-0.39, 0.29) is 0 Å². The first kappa shape index (κ1) is 10.4. The van der Waals surface area contributed by atoms with E-state index in [9.17, 15) is 9.59 Å². The second-order valence-corrected chi connectivity index (χ2v) is 3.71. The highest BCUT2D eigenvalue weighted by molar-refractivity contribution is 6.03. The number of hydrogen-bond acceptors (Lipinski definition) is 2. The summed E-state index contributed by atoms with van der Waals surface area (Å²) in [5, 5.41) is 1.70. The van der Waals surface area contributed by atoms with Gasteiger partial charge in [0.1, 0.15) is 0 Å². The van der Waals surface area contributed by atoms with Gasteiger partial charge < -0.3 is 5.73 Å². The van der Waals surface area contributed by atoms with Crippen molar-refractivity contribution in [2.75, 3.05) is 0 Å². The topological polar surface area (TPSA) is 60.2 Å². The van der Waals surface area contributed by atoms with E-state index in [1.54, 1.807) is 18.2 Å². The molecule has 0 atom stereocenters. The van der Waals surface area contributed by atoms with Gasteiger partial charge >= 0.3 is 0 Å². The molecule has 0 radical (unpaired) electrons. The molecular formula is C13H11NO2. The highest BCUT2D eigenvalue weighted by atomic mass is 16.1. The Kier molecular flexibility index (Phi) is 2.44. The molecule has 0 fully saturated rings. The van der Waals surface area contributed by atoms with Gasteiger partial charge in [-0.2, -0.15) is 0 Å². The van der Waals surface area contributed by atoms with Gasteiger partial charge in [0.2, 0.25) is 5.91 Å². The fourth-order valence-corrected chi connectivity index (χ4v) is 1.76. The summed E-state index contributed by atoms with van der Waals surface area (Å²) in [5.41, 5.74) is 7.13. The number of benzene rings is 2. The van der Waals surface area contributed by atoms with Gasteiger partial charge in [0.05, 0.1) is 0 Å². The van der Waals surface area contributed by atoms with Crippen molar-refractivity contribution in [1.29, 1.82) is 0 Å². The van der Waals surface area contributed by atoms with Crippen LogP contribution in [0.3, 0.4) is 0 Å². The van der Waals surface area contributed by atoms with Gasteiger partial charge in [-0.05, 0) is 35.4 Å². The van der Waals surface area contributed by atoms with Gasteiger partial charge in [0.25, 0.3) is 0 Å². The van der Waals surface area contributed by atoms with Crippen LogP contribution in [-0.4, -0.2) is 12.2 Å². The van der Waals surface area contributed by atoms with Gasteiger partial charge in [0.15, 0.2) is 6.29 Å². The Bertz CT molecular complexity index is 588. The van der Waals surface area contributed by atoms with Crippen molar-refractivity contribution in [3.05, 3.63) is 47.0 Å². The third kappa shape index (κ3) is 1.56. The summed E-state index contributed by atoms with van der Waals surface area (Å²) in [5.74, 6) is -0.486. The quantitative estimate of drug-likeness (QED) is 0.776. The molecule has 0 saturated carbocycles. The summed E-state index contributed by atoms with van der Waals surface area (Å²) in [6, 6.07) is 8.92. The minimum Gasteiger partial charge on any atom is -0.366 e. The lowest BCUT2D eigenvalue weighted by molar-refractivity contribution is 0.0999. The number of fused-ring (bicyclic) bond motifs is 1. The first-order valence-corrected chi connectivity index (χ1v) is 4.92. The summed E-state index contributed by atoms with van der Waals surface area (Å²) in [7, 11) is 0. The fraction of sp³-hybridized carbons (Fsp3) is 0.0769. The lowest BCUT2D eigenvalue weighted by Gasteiger charge is -2.05. The number of hydrogen-bond donors (Lipinski definition) is 1. The average molecular weight is 213 g/mol. The van der Waals surface area contributed by atoms with E-state index in [1.165, 1.54) is 0 Å². The molecule has 0 aliphatic rings. The van der Waals surface area contributed by atoms with Crippen LogP contribution in [0.4, 0.5) is 0 Å². The Labute approximate surface area is 92.9 Å². The number of amides is 1. The molecule has 0 aliphatic carbocycles. The van der Waals surface area contributed by atoms with Gasteiger partial charge in [-0.3, -0.25) is 9.59 Å². The molecule has 1 amide bonds. The van der Waals surface area contributed by atoms with Crippen molar-refractivity contribution in [3.63, 3.8) is 0 Å². The molecule has 0 bridgehead atoms. The number of carbonyl (C=O) groups excluding carboxylic acids is 2. The molecule has 3 nitrogen and oxygen atoms in total. The molecule has 0 unspecified atom stereocenters. The lowest BCUT2D eigenvalue weighted by atomic mass is 9.98. The van der Waals surface area contributed by atoms with E-state index in [2.05, 4.69) is 0 Å². The maximum absolute atomic E-state index is 11.1. The molecule has 80 valence electrons. The van der Waals surface area contributed by atoms with E-state index in [0.717, 1.165) is 22.6 Å². The highest BCUT2D eigenvalue weighted by Gasteiger charge is 2.06. The van der Waals surface area contributed by atoms with Gasteiger partial charge in [-0.15, -0.1) is 0 Å². The molecule has 2 aromatic rings. The summed E-state index contributed by atoms with van der Waals surface area (Å²) in [4.78, 5) is 22.1. The van der Waals surface area contributed by atoms with E-state index < -0.39 is 5.91 Å². The van der Waals surface area contributed by atoms with Gasteiger partial charge in [-0.1, -0.05) is 18.2 Å². The molecular weight excluding hydrogens is 202 g/mol. The predicted octanol–water partition coefficient (Wildman–Crippen LogP) is 2.06. The summed E-state index contributed by atoms with van der Waals surface area (Å²) < 4.78 is 0. The van der Waals surface area contributed by atoms with Crippen molar-refractivity contribution in [2.45, 2.75) is 6.92 Å². The minimum atomic E-state index is -0.486. The number of primary amides is 1. The van der Waals surface area contributed by atoms with Gasteiger partial charge in [0, 0.05) is 11.1 Å². The molecule has 2 N–H and O–H groups in total. The molecule has 2 aromatic carbocycles. The van der Waals surface area contributed by atoms with Crippen molar-refractivity contribution >= 4 is 23.0 Å². The van der Waals surface area contributed by atoms with Crippen molar-refractivity contribution in [3.8, 4) is 0 Å². The first-order valence-electron chi connectivity index (χ1n) is 4.92. The number of rotatable bonds is 2. The Morgan fingerprint density at radius 1 is 1.25 bits per heavy atom. The number of nitrogens with two attached hydrogens (primary N) is 1. The number of carbonyl (C=O) groups is 2. The lowest BCUT2D eigenvalue weighted by Crippen LogP contribution is -2.10. The summed E-state index contributed by atoms with van der Waals surface area (Å²) >= 11 is 0. The zero-order valence-corrected chi connectivity index (χ0v) is 8.86. The monoisotopic (exact) mass is 213 g/mol. The van der Waals surface area contributed by atoms with Gasteiger partial charge in [-0.25, -0.2) is 0 Å². The van der Waals surface area contributed by atoms with E-state index >= 15 is 0 Å². The van der Waals surface area contributed by atoms with Crippen LogP contribution in [0.1, 0.15) is 26.3 Å². The summed E-state index contributed by atoms with van der Waals surface area (Å²) in [6.07, 6.45) is 0.808. The Morgan fingerprint density at radius 2 is 1.94 bits per heavy atom. The molecule has 0 heterocycles. The molecule has 0 aromatic heterocycles. The Hall–Kier alpha value is -2.16. The van der Waals surface area contributed by atoms with E-state index in [4.69, 9.17) is 5.73 Å². The predicted molar refractivity (Wildman–Crippen MR) is 62.6 cm³/mol. The molecule has 0 saturated heterocycles. The highest BCUT2D eigenvalue weighted by Crippen LogP contribution is 2.22. The average Bonchev–Trinajstić information content (AvgIpc) is 2.28. The number of aryl methyl sites for hydroxylation is 1. The molecule has 0 aliphatic heterocycles. The third-order valence-electron chi connectivity index (χ3n) is 2.68. The van der Waals surface area contributed by atoms with Crippen LogP contribution in [0.15, 0.2) is 30.3 Å². The molecule has 3 heteroatoms. The smallest absolute Gasteiger partial charge is 0.248 e. The third-order valence-corrected chi connectivity index (χ3v) is 2.68. The van der Waals surface area contributed by atoms with Crippen molar-refractivity contribution < 1.29 is 9.59 Å². The molecule has 2 rings (SSSR count). The van der Waals surface area contributed by atoms with Crippen LogP contribution in [0.2, 0.25) is 0 Å². The zero-order valence-electron chi connectivity index (χ0n) is 8.86. The SMILES string of the molecule is Cc1ccc2ccc(C(N)=O)cc2c1C=O. The van der Waals surface area contributed by atoms with E-state index in [0.29, 0.717) is 11.1 Å². The normalized spacial score (nSPS) is 10.3. The number of aldehydes is 1. The second-order valence-electron chi connectivity index (χ2n) is 3.71. The van der Waals surface area contributed by atoms with Crippen LogP contribution < -0.4 is 5.73 Å². The Morgan fingerprint density at radius 3 is 2.56 bits per heavy atom. The van der Waals surface area contributed by atoms with Crippen molar-refractivity contribution in [1.82, 2.24) is 0 Å². The van der Waals surface area contributed by atoms with Crippen molar-refractivity contribution in [2.24, 2.45) is 5.73 Å². The second kappa shape index (κ2) is 3.77. The zero-order chi connectivity index (χ0) is 11.7. The molecule has 16 heavy (non-hydrogen) atoms.